The molecule has 506 valence electrons. The molecule has 6 aliphatic rings. The summed E-state index contributed by atoms with van der Waals surface area (Å²) in [7, 11) is 0. The van der Waals surface area contributed by atoms with Crippen LogP contribution in [-0.2, 0) is 71.2 Å². The van der Waals surface area contributed by atoms with Crippen molar-refractivity contribution in [3.63, 3.8) is 0 Å². The summed E-state index contributed by atoms with van der Waals surface area (Å²) in [6.07, 6.45) is -63.5. The van der Waals surface area contributed by atoms with Crippen molar-refractivity contribution in [3.8, 4) is 0 Å². The third-order valence-corrected chi connectivity index (χ3v) is 15.4. The van der Waals surface area contributed by atoms with Gasteiger partial charge in [0.25, 0.3) is 0 Å². The lowest BCUT2D eigenvalue weighted by molar-refractivity contribution is -0.394. The number of rotatable bonds is 26. The Balaban J connectivity index is 1.36. The maximum atomic E-state index is 12.7. The largest absolute Gasteiger partial charge is 0.394 e. The first-order valence-electron chi connectivity index (χ1n) is 27.5. The summed E-state index contributed by atoms with van der Waals surface area (Å²) in [5.41, 5.74) is 0. The lowest BCUT2D eigenvalue weighted by Crippen LogP contribution is -2.70. The standard InChI is InChI=1S/C48H83N3O36/c1-12(59)49-15(4-52)25(63)38(16(62)5-53)83-46-37(75)40(30(68)22(82-46)11-76-47-41(34(72)28(66)19(8-56)79-47)86-43-23(50-13(2)60)31(69)26(64)17(6-54)77-43)85-48-42(35(73)29(67)20(9-57)80-48)87-44-24(51-14(3)61)32(70)39(21(10-58)81-44)84-45-36(74)33(71)27(65)18(7-55)78-45/h15-48,52-58,62-75H,4-11H2,1-3H3,(H,49,59)(H,50,60)(H,51,61)/t15-,16+,17+,18+,19+,20+,21+,22+,23+,24+,25+,26+,27-,28+,29+,30+,31+,32+,33-,34-,35-,36+,37-,38+,39+,40-,41-,42-,43-,44-,45-,46-,47-,48+/m0/s1. The average Bonchev–Trinajstić information content (AvgIpc) is 1.40. The Hall–Kier alpha value is -2.91. The average molecular weight is 1280 g/mol. The van der Waals surface area contributed by atoms with Gasteiger partial charge in [0, 0.05) is 20.8 Å². The zero-order valence-corrected chi connectivity index (χ0v) is 46.8. The molecule has 0 aromatic heterocycles. The van der Waals surface area contributed by atoms with Crippen molar-refractivity contribution >= 4 is 17.7 Å². The highest BCUT2D eigenvalue weighted by Crippen LogP contribution is 2.37. The molecule has 34 atom stereocenters. The van der Waals surface area contributed by atoms with Gasteiger partial charge in [0.1, 0.15) is 165 Å². The third-order valence-electron chi connectivity index (χ3n) is 15.4. The minimum absolute atomic E-state index is 0.807. The molecule has 24 N–H and O–H groups in total. The first kappa shape index (κ1) is 73.1. The van der Waals surface area contributed by atoms with Crippen molar-refractivity contribution < 1.29 is 178 Å². The Bertz CT molecular complexity index is 2140. The van der Waals surface area contributed by atoms with Crippen LogP contribution in [0.25, 0.3) is 0 Å². The minimum Gasteiger partial charge on any atom is -0.394 e. The summed E-state index contributed by atoms with van der Waals surface area (Å²) in [5, 5.41) is 235. The zero-order chi connectivity index (χ0) is 64.6. The fourth-order valence-corrected chi connectivity index (χ4v) is 10.7. The van der Waals surface area contributed by atoms with Gasteiger partial charge in [-0.05, 0) is 0 Å². The van der Waals surface area contributed by atoms with E-state index >= 15 is 0 Å². The molecule has 0 bridgehead atoms. The summed E-state index contributed by atoms with van der Waals surface area (Å²) < 4.78 is 70.0. The molecule has 0 radical (unpaired) electrons. The number of aliphatic hydroxyl groups is 21. The molecule has 0 saturated carbocycles. The van der Waals surface area contributed by atoms with Crippen molar-refractivity contribution in [3.05, 3.63) is 0 Å². The van der Waals surface area contributed by atoms with Gasteiger partial charge in [0.05, 0.1) is 58.9 Å². The summed E-state index contributed by atoms with van der Waals surface area (Å²) in [4.78, 5) is 37.0. The van der Waals surface area contributed by atoms with Crippen molar-refractivity contribution in [2.24, 2.45) is 0 Å². The molecule has 39 nitrogen and oxygen atoms in total. The third kappa shape index (κ3) is 16.8. The lowest BCUT2D eigenvalue weighted by atomic mass is 9.94. The van der Waals surface area contributed by atoms with Crippen LogP contribution in [0, 0.1) is 0 Å². The van der Waals surface area contributed by atoms with Crippen LogP contribution in [0.4, 0.5) is 0 Å². The van der Waals surface area contributed by atoms with E-state index < -0.39 is 279 Å². The maximum absolute atomic E-state index is 12.7. The maximum Gasteiger partial charge on any atom is 0.217 e. The highest BCUT2D eigenvalue weighted by Gasteiger charge is 2.58. The molecule has 6 heterocycles. The van der Waals surface area contributed by atoms with Crippen LogP contribution in [0.15, 0.2) is 0 Å². The molecule has 6 fully saturated rings. The number of hydrogen-bond donors (Lipinski definition) is 24. The molecule has 39 heteroatoms. The Kier molecular flexibility index (Phi) is 27.4. The fraction of sp³-hybridized carbons (Fsp3) is 0.938. The summed E-state index contributed by atoms with van der Waals surface area (Å²) in [6, 6.07) is -5.23. The van der Waals surface area contributed by atoms with Gasteiger partial charge in [-0.25, -0.2) is 0 Å². The van der Waals surface area contributed by atoms with E-state index in [4.69, 9.17) is 56.8 Å². The smallest absolute Gasteiger partial charge is 0.217 e. The quantitative estimate of drug-likeness (QED) is 0.0382. The number of aliphatic hydroxyl groups excluding tert-OH is 21. The molecule has 0 unspecified atom stereocenters. The van der Waals surface area contributed by atoms with Gasteiger partial charge in [-0.15, -0.1) is 0 Å². The van der Waals surface area contributed by atoms with E-state index in [0.717, 1.165) is 20.8 Å². The van der Waals surface area contributed by atoms with E-state index in [-0.39, 0.29) is 0 Å². The highest BCUT2D eigenvalue weighted by molar-refractivity contribution is 5.74. The van der Waals surface area contributed by atoms with Gasteiger partial charge in [0.15, 0.2) is 37.7 Å². The Labute approximate surface area is 493 Å². The molecule has 6 saturated heterocycles. The molecule has 6 aliphatic heterocycles. The Morgan fingerprint density at radius 3 is 1.29 bits per heavy atom. The van der Waals surface area contributed by atoms with Crippen molar-refractivity contribution in [2.45, 2.75) is 229 Å². The zero-order valence-electron chi connectivity index (χ0n) is 46.8. The molecule has 87 heavy (non-hydrogen) atoms. The molecule has 0 aromatic carbocycles. The SMILES string of the molecule is CC(=O)N[C@H]1[C@H](O[C@@H]2[C@@H](O[C@@H]3[C@H](O)[C@H](O[C@@H]([C@H](O)[C@H](CO)NC(C)=O)[C@H](O)CO)O[C@H](CO[C@H]4O[C@H](CO)[C@@H](O)[C@H](O)[C@@H]4O[C@@H]4O[C@H](CO)[C@@H](O)[C@H](O)[C@H]4NC(C)=O)[C@H]3O)O[C@H](CO)[C@@H](O)[C@@H]2O)O[C@H](CO)[C@@H](O[C@@H]2O[C@H](CO)[C@H](O)[C@H](O)[C@H]2O)[C@@H]1O. The molecule has 0 spiro atoms. The van der Waals surface area contributed by atoms with E-state index in [0.29, 0.717) is 0 Å². The van der Waals surface area contributed by atoms with Crippen LogP contribution >= 0.6 is 0 Å². The number of nitrogens with one attached hydrogen (secondary N) is 3. The minimum atomic E-state index is -2.47. The predicted octanol–water partition coefficient (Wildman–Crippen LogP) is -16.2. The molecule has 0 aromatic rings. The van der Waals surface area contributed by atoms with Gasteiger partial charge in [-0.1, -0.05) is 0 Å². The topological polar surface area (TPSA) is 623 Å². The van der Waals surface area contributed by atoms with Crippen LogP contribution in [0.2, 0.25) is 0 Å². The fourth-order valence-electron chi connectivity index (χ4n) is 10.7. The molecule has 3 amide bonds. The van der Waals surface area contributed by atoms with Crippen LogP contribution in [0.3, 0.4) is 0 Å². The second-order valence-electron chi connectivity index (χ2n) is 21.6. The molecule has 6 rings (SSSR count). The van der Waals surface area contributed by atoms with Crippen LogP contribution in [-0.4, -0.2) is 386 Å². The first-order chi connectivity index (χ1) is 41.1. The number of carbonyl (C=O) groups excluding carboxylic acids is 3. The highest BCUT2D eigenvalue weighted by atomic mass is 16.8. The van der Waals surface area contributed by atoms with Gasteiger partial charge >= 0.3 is 0 Å². The number of hydrogen-bond acceptors (Lipinski definition) is 36. The molecular weight excluding hydrogens is 1190 g/mol. The van der Waals surface area contributed by atoms with Gasteiger partial charge in [0.2, 0.25) is 17.7 Å². The Morgan fingerprint density at radius 1 is 0.391 bits per heavy atom. The van der Waals surface area contributed by atoms with Crippen LogP contribution in [0.5, 0.6) is 0 Å². The summed E-state index contributed by atoms with van der Waals surface area (Å²) in [6.45, 7) is -5.49. The second-order valence-corrected chi connectivity index (χ2v) is 21.6. The van der Waals surface area contributed by atoms with E-state index in [9.17, 15) is 122 Å². The number of amides is 3. The summed E-state index contributed by atoms with van der Waals surface area (Å²) >= 11 is 0. The lowest BCUT2D eigenvalue weighted by Gasteiger charge is -2.50. The normalized spacial score (nSPS) is 45.1. The second kappa shape index (κ2) is 32.6. The van der Waals surface area contributed by atoms with E-state index in [2.05, 4.69) is 16.0 Å². The van der Waals surface area contributed by atoms with Crippen LogP contribution in [0.1, 0.15) is 20.8 Å². The molecular formula is C48H83N3O36. The molecule has 0 aliphatic carbocycles. The van der Waals surface area contributed by atoms with Gasteiger partial charge in [-0.2, -0.15) is 0 Å². The van der Waals surface area contributed by atoms with Crippen molar-refractivity contribution in [2.75, 3.05) is 52.9 Å². The predicted molar refractivity (Wildman–Crippen MR) is 269 cm³/mol. The number of carbonyl (C=O) groups is 3. The van der Waals surface area contributed by atoms with Crippen molar-refractivity contribution in [1.82, 2.24) is 16.0 Å². The van der Waals surface area contributed by atoms with E-state index in [1.807, 2.05) is 0 Å². The summed E-state index contributed by atoms with van der Waals surface area (Å²) in [5.74, 6) is -2.55. The van der Waals surface area contributed by atoms with Gasteiger partial charge in [-0.3, -0.25) is 14.4 Å². The van der Waals surface area contributed by atoms with Crippen LogP contribution < -0.4 is 16.0 Å². The Morgan fingerprint density at radius 2 is 0.805 bits per heavy atom. The van der Waals surface area contributed by atoms with Crippen molar-refractivity contribution in [1.29, 1.82) is 0 Å². The van der Waals surface area contributed by atoms with E-state index in [1.54, 1.807) is 0 Å². The number of ether oxygens (including phenoxy) is 12. The van der Waals surface area contributed by atoms with Gasteiger partial charge < -0.3 is 180 Å². The monoisotopic (exact) mass is 1280 g/mol. The van der Waals surface area contributed by atoms with E-state index in [1.165, 1.54) is 0 Å². The first-order valence-corrected chi connectivity index (χ1v) is 27.5.